The molecule has 0 aliphatic heterocycles. The first-order valence-electron chi connectivity index (χ1n) is 6.86. The molecule has 0 bridgehead atoms. The summed E-state index contributed by atoms with van der Waals surface area (Å²) in [5.41, 5.74) is 0. The van der Waals surface area contributed by atoms with Gasteiger partial charge in [-0.3, -0.25) is 4.21 Å². The van der Waals surface area contributed by atoms with Gasteiger partial charge in [0.25, 0.3) is 0 Å². The Bertz CT molecular complexity index is 411. The molecule has 0 aromatic carbocycles. The fourth-order valence-electron chi connectivity index (χ4n) is 1.85. The second kappa shape index (κ2) is 8.91. The number of rotatable bonds is 10. The molecule has 1 aromatic rings. The maximum Gasteiger partial charge on any atom is 0.371 e. The standard InChI is InChI=1S/C14H22O4S/c1-2-3-4-5-6-7-8-11-19(17)13-10-9-12(18-13)14(15)16/h9-10H,2-8,11H2,1H3,(H,15,16). The van der Waals surface area contributed by atoms with E-state index in [4.69, 9.17) is 9.52 Å². The summed E-state index contributed by atoms with van der Waals surface area (Å²) in [5.74, 6) is -0.734. The lowest BCUT2D eigenvalue weighted by Crippen LogP contribution is -1.97. The third kappa shape index (κ3) is 6.05. The molecule has 19 heavy (non-hydrogen) atoms. The Kier molecular flexibility index (Phi) is 7.48. The molecule has 4 nitrogen and oxygen atoms in total. The minimum Gasteiger partial charge on any atom is -0.475 e. The Morgan fingerprint density at radius 2 is 1.79 bits per heavy atom. The first-order valence-corrected chi connectivity index (χ1v) is 8.18. The molecule has 5 heteroatoms. The van der Waals surface area contributed by atoms with Gasteiger partial charge < -0.3 is 9.52 Å². The van der Waals surface area contributed by atoms with E-state index in [0.717, 1.165) is 12.8 Å². The van der Waals surface area contributed by atoms with Crippen LogP contribution in [-0.4, -0.2) is 21.0 Å². The summed E-state index contributed by atoms with van der Waals surface area (Å²) in [6.45, 7) is 2.19. The number of unbranched alkanes of at least 4 members (excludes halogenated alkanes) is 6. The highest BCUT2D eigenvalue weighted by molar-refractivity contribution is 7.84. The van der Waals surface area contributed by atoms with Crippen molar-refractivity contribution < 1.29 is 18.5 Å². The zero-order valence-corrected chi connectivity index (χ0v) is 12.2. The van der Waals surface area contributed by atoms with E-state index in [0.29, 0.717) is 5.75 Å². The van der Waals surface area contributed by atoms with Crippen LogP contribution in [0, 0.1) is 0 Å². The SMILES string of the molecule is CCCCCCCCCS(=O)c1ccc(C(=O)O)o1. The lowest BCUT2D eigenvalue weighted by molar-refractivity contribution is 0.0656. The molecule has 0 radical (unpaired) electrons. The van der Waals surface area contributed by atoms with Crippen LogP contribution in [0.4, 0.5) is 0 Å². The number of hydrogen-bond donors (Lipinski definition) is 1. The number of furan rings is 1. The normalized spacial score (nSPS) is 12.5. The molecule has 0 fully saturated rings. The van der Waals surface area contributed by atoms with Crippen molar-refractivity contribution in [2.45, 2.75) is 57.0 Å². The van der Waals surface area contributed by atoms with Crippen molar-refractivity contribution in [2.75, 3.05) is 5.75 Å². The smallest absolute Gasteiger partial charge is 0.371 e. The number of hydrogen-bond acceptors (Lipinski definition) is 3. The predicted octanol–water partition coefficient (Wildman–Crippen LogP) is 3.84. The monoisotopic (exact) mass is 286 g/mol. The molecule has 0 amide bonds. The maximum atomic E-state index is 11.8. The van der Waals surface area contributed by atoms with E-state index in [9.17, 15) is 9.00 Å². The summed E-state index contributed by atoms with van der Waals surface area (Å²) in [6.07, 6.45) is 8.19. The third-order valence-electron chi connectivity index (χ3n) is 2.95. The molecule has 0 saturated heterocycles. The Hall–Kier alpha value is -1.10. The zero-order valence-electron chi connectivity index (χ0n) is 11.4. The minimum atomic E-state index is -1.22. The second-order valence-corrected chi connectivity index (χ2v) is 6.10. The van der Waals surface area contributed by atoms with Crippen LogP contribution in [0.15, 0.2) is 21.6 Å². The van der Waals surface area contributed by atoms with Crippen molar-refractivity contribution in [1.29, 1.82) is 0 Å². The zero-order chi connectivity index (χ0) is 14.1. The lowest BCUT2D eigenvalue weighted by Gasteiger charge is -2.00. The topological polar surface area (TPSA) is 67.5 Å². The van der Waals surface area contributed by atoms with Gasteiger partial charge in [-0.2, -0.15) is 0 Å². The van der Waals surface area contributed by atoms with E-state index in [-0.39, 0.29) is 10.9 Å². The van der Waals surface area contributed by atoms with Crippen molar-refractivity contribution >= 4 is 16.8 Å². The van der Waals surface area contributed by atoms with E-state index >= 15 is 0 Å². The molecule has 0 aliphatic rings. The summed E-state index contributed by atoms with van der Waals surface area (Å²) in [5, 5.41) is 8.97. The largest absolute Gasteiger partial charge is 0.475 e. The van der Waals surface area contributed by atoms with Crippen LogP contribution in [0.3, 0.4) is 0 Å². The summed E-state index contributed by atoms with van der Waals surface area (Å²) in [7, 11) is -1.22. The molecule has 0 saturated carbocycles. The molecule has 1 heterocycles. The summed E-state index contributed by atoms with van der Waals surface area (Å²) < 4.78 is 16.9. The summed E-state index contributed by atoms with van der Waals surface area (Å²) in [6, 6.07) is 2.83. The molecule has 0 spiro atoms. The van der Waals surface area contributed by atoms with Crippen LogP contribution in [0.25, 0.3) is 0 Å². The molecule has 108 valence electrons. The first kappa shape index (κ1) is 16.0. The van der Waals surface area contributed by atoms with E-state index < -0.39 is 16.8 Å². The van der Waals surface area contributed by atoms with Gasteiger partial charge in [0.1, 0.15) is 0 Å². The highest BCUT2D eigenvalue weighted by Crippen LogP contribution is 2.14. The summed E-state index contributed by atoms with van der Waals surface area (Å²) in [4.78, 5) is 10.6. The van der Waals surface area contributed by atoms with Crippen LogP contribution < -0.4 is 0 Å². The maximum absolute atomic E-state index is 11.8. The van der Waals surface area contributed by atoms with Gasteiger partial charge in [-0.1, -0.05) is 45.4 Å². The molecular weight excluding hydrogens is 264 g/mol. The number of carboxylic acids is 1. The highest BCUT2D eigenvalue weighted by atomic mass is 32.2. The molecule has 1 aromatic heterocycles. The van der Waals surface area contributed by atoms with Crippen LogP contribution in [0.2, 0.25) is 0 Å². The average molecular weight is 286 g/mol. The molecule has 1 rings (SSSR count). The van der Waals surface area contributed by atoms with Gasteiger partial charge in [0, 0.05) is 5.75 Å². The van der Waals surface area contributed by atoms with Crippen molar-refractivity contribution in [3.8, 4) is 0 Å². The Balaban J connectivity index is 2.18. The van der Waals surface area contributed by atoms with Gasteiger partial charge in [-0.25, -0.2) is 4.79 Å². The van der Waals surface area contributed by atoms with Crippen molar-refractivity contribution in [2.24, 2.45) is 0 Å². The Morgan fingerprint density at radius 1 is 1.16 bits per heavy atom. The van der Waals surface area contributed by atoms with E-state index in [1.54, 1.807) is 0 Å². The van der Waals surface area contributed by atoms with E-state index in [1.165, 1.54) is 44.2 Å². The number of carboxylic acid groups (broad SMARTS) is 1. The fourth-order valence-corrected chi connectivity index (χ4v) is 2.92. The highest BCUT2D eigenvalue weighted by Gasteiger charge is 2.13. The van der Waals surface area contributed by atoms with Gasteiger partial charge in [0.05, 0.1) is 10.8 Å². The van der Waals surface area contributed by atoms with Crippen molar-refractivity contribution in [3.05, 3.63) is 17.9 Å². The molecule has 0 aliphatic carbocycles. The van der Waals surface area contributed by atoms with Crippen molar-refractivity contribution in [3.63, 3.8) is 0 Å². The third-order valence-corrected chi connectivity index (χ3v) is 4.28. The molecule has 1 unspecified atom stereocenters. The lowest BCUT2D eigenvalue weighted by atomic mass is 10.1. The van der Waals surface area contributed by atoms with Gasteiger partial charge in [0.2, 0.25) is 5.76 Å². The quantitative estimate of drug-likeness (QED) is 0.664. The minimum absolute atomic E-state index is 0.150. The molecule has 1 N–H and O–H groups in total. The van der Waals surface area contributed by atoms with Crippen LogP contribution >= 0.6 is 0 Å². The second-order valence-electron chi connectivity index (χ2n) is 4.59. The average Bonchev–Trinajstić information content (AvgIpc) is 2.87. The van der Waals surface area contributed by atoms with Gasteiger partial charge >= 0.3 is 5.97 Å². The molecular formula is C14H22O4S. The fraction of sp³-hybridized carbons (Fsp3) is 0.643. The first-order chi connectivity index (χ1) is 9.15. The Labute approximate surface area is 116 Å². The van der Waals surface area contributed by atoms with Crippen LogP contribution in [0.1, 0.15) is 62.4 Å². The number of aromatic carboxylic acids is 1. The Morgan fingerprint density at radius 3 is 2.37 bits per heavy atom. The van der Waals surface area contributed by atoms with E-state index in [1.807, 2.05) is 0 Å². The number of carbonyl (C=O) groups is 1. The van der Waals surface area contributed by atoms with Gasteiger partial charge in [-0.15, -0.1) is 0 Å². The molecule has 1 atom stereocenters. The van der Waals surface area contributed by atoms with E-state index in [2.05, 4.69) is 6.92 Å². The van der Waals surface area contributed by atoms with Crippen molar-refractivity contribution in [1.82, 2.24) is 0 Å². The summed E-state index contributed by atoms with van der Waals surface area (Å²) >= 11 is 0. The van der Waals surface area contributed by atoms with Crippen LogP contribution in [-0.2, 0) is 10.8 Å². The van der Waals surface area contributed by atoms with Gasteiger partial charge in [0.15, 0.2) is 5.09 Å². The van der Waals surface area contributed by atoms with Gasteiger partial charge in [-0.05, 0) is 18.6 Å². The predicted molar refractivity (Wildman–Crippen MR) is 74.9 cm³/mol. The van der Waals surface area contributed by atoms with Crippen LogP contribution in [0.5, 0.6) is 0 Å².